The van der Waals surface area contributed by atoms with Gasteiger partial charge in [0.2, 0.25) is 0 Å². The first-order valence-corrected chi connectivity index (χ1v) is 7.11. The number of aryl methyl sites for hydroxylation is 2. The molecule has 5 nitrogen and oxygen atoms in total. The molecule has 1 aromatic heterocycles. The third kappa shape index (κ3) is 4.07. The normalized spacial score (nSPS) is 10.5. The molecular formula is C16H20FN3O2. The van der Waals surface area contributed by atoms with Crippen LogP contribution in [0.3, 0.4) is 0 Å². The first-order chi connectivity index (χ1) is 10.5. The average molecular weight is 305 g/mol. The SMILES string of the molecule is Cc1nn(C)c(C)c1CCNC(=O)COc1ccc(F)cc1. The van der Waals surface area contributed by atoms with Crippen molar-refractivity contribution in [3.63, 3.8) is 0 Å². The zero-order chi connectivity index (χ0) is 16.1. The van der Waals surface area contributed by atoms with E-state index in [2.05, 4.69) is 10.4 Å². The Hall–Kier alpha value is -2.37. The number of aromatic nitrogens is 2. The predicted octanol–water partition coefficient (Wildman–Crippen LogP) is 1.91. The number of rotatable bonds is 6. The van der Waals surface area contributed by atoms with Crippen LogP contribution in [-0.4, -0.2) is 28.8 Å². The molecule has 1 N–H and O–H groups in total. The van der Waals surface area contributed by atoms with Crippen LogP contribution in [0.4, 0.5) is 4.39 Å². The summed E-state index contributed by atoms with van der Waals surface area (Å²) in [6.45, 7) is 4.41. The van der Waals surface area contributed by atoms with E-state index in [0.29, 0.717) is 12.3 Å². The molecular weight excluding hydrogens is 285 g/mol. The monoisotopic (exact) mass is 305 g/mol. The Morgan fingerprint density at radius 2 is 2.00 bits per heavy atom. The number of benzene rings is 1. The van der Waals surface area contributed by atoms with Crippen molar-refractivity contribution in [2.24, 2.45) is 7.05 Å². The summed E-state index contributed by atoms with van der Waals surface area (Å²) in [7, 11) is 1.90. The highest BCUT2D eigenvalue weighted by molar-refractivity contribution is 5.77. The van der Waals surface area contributed by atoms with Gasteiger partial charge in [0.05, 0.1) is 5.69 Å². The fourth-order valence-electron chi connectivity index (χ4n) is 2.24. The number of hydrogen-bond donors (Lipinski definition) is 1. The van der Waals surface area contributed by atoms with Crippen molar-refractivity contribution in [3.8, 4) is 5.75 Å². The van der Waals surface area contributed by atoms with Gasteiger partial charge in [-0.2, -0.15) is 5.10 Å². The average Bonchev–Trinajstić information content (AvgIpc) is 2.73. The Bertz CT molecular complexity index is 650. The van der Waals surface area contributed by atoms with Gasteiger partial charge in [-0.25, -0.2) is 4.39 Å². The Labute approximate surface area is 129 Å². The van der Waals surface area contributed by atoms with Gasteiger partial charge in [-0.05, 0) is 50.1 Å². The Kier molecular flexibility index (Phi) is 5.14. The third-order valence-electron chi connectivity index (χ3n) is 3.54. The van der Waals surface area contributed by atoms with Crippen LogP contribution in [0.5, 0.6) is 5.75 Å². The number of amides is 1. The van der Waals surface area contributed by atoms with Gasteiger partial charge in [0.25, 0.3) is 5.91 Å². The van der Waals surface area contributed by atoms with Crippen molar-refractivity contribution in [2.75, 3.05) is 13.2 Å². The molecule has 118 valence electrons. The second-order valence-electron chi connectivity index (χ2n) is 5.12. The summed E-state index contributed by atoms with van der Waals surface area (Å²) in [6.07, 6.45) is 0.730. The molecule has 2 aromatic rings. The lowest BCUT2D eigenvalue weighted by Crippen LogP contribution is -2.30. The van der Waals surface area contributed by atoms with Crippen LogP contribution >= 0.6 is 0 Å². The summed E-state index contributed by atoms with van der Waals surface area (Å²) < 4.78 is 19.9. The van der Waals surface area contributed by atoms with Gasteiger partial charge >= 0.3 is 0 Å². The maximum atomic E-state index is 12.7. The third-order valence-corrected chi connectivity index (χ3v) is 3.54. The number of hydrogen-bond acceptors (Lipinski definition) is 3. The van der Waals surface area contributed by atoms with Gasteiger partial charge in [-0.3, -0.25) is 9.48 Å². The summed E-state index contributed by atoms with van der Waals surface area (Å²) in [5, 5.41) is 7.14. The largest absolute Gasteiger partial charge is 0.484 e. The van der Waals surface area contributed by atoms with Gasteiger partial charge < -0.3 is 10.1 Å². The minimum atomic E-state index is -0.334. The highest BCUT2D eigenvalue weighted by Crippen LogP contribution is 2.12. The molecule has 6 heteroatoms. The Balaban J connectivity index is 1.75. The number of nitrogens with one attached hydrogen (secondary N) is 1. The van der Waals surface area contributed by atoms with E-state index in [1.807, 2.05) is 25.6 Å². The van der Waals surface area contributed by atoms with Crippen LogP contribution in [0.25, 0.3) is 0 Å². The topological polar surface area (TPSA) is 56.2 Å². The molecule has 2 rings (SSSR count). The van der Waals surface area contributed by atoms with E-state index in [4.69, 9.17) is 4.74 Å². The van der Waals surface area contributed by atoms with Gasteiger partial charge in [0, 0.05) is 19.3 Å². The quantitative estimate of drug-likeness (QED) is 0.887. The molecule has 22 heavy (non-hydrogen) atoms. The summed E-state index contributed by atoms with van der Waals surface area (Å²) >= 11 is 0. The van der Waals surface area contributed by atoms with Crippen molar-refractivity contribution in [1.82, 2.24) is 15.1 Å². The fraction of sp³-hybridized carbons (Fsp3) is 0.375. The molecule has 0 fully saturated rings. The number of ether oxygens (including phenoxy) is 1. The van der Waals surface area contributed by atoms with E-state index in [1.54, 1.807) is 0 Å². The second-order valence-corrected chi connectivity index (χ2v) is 5.12. The van der Waals surface area contributed by atoms with Gasteiger partial charge in [-0.15, -0.1) is 0 Å². The van der Waals surface area contributed by atoms with Crippen molar-refractivity contribution in [1.29, 1.82) is 0 Å². The second kappa shape index (κ2) is 7.06. The molecule has 0 aliphatic rings. The molecule has 0 aliphatic heterocycles. The van der Waals surface area contributed by atoms with Crippen LogP contribution in [0.1, 0.15) is 17.0 Å². The van der Waals surface area contributed by atoms with Crippen molar-refractivity contribution in [2.45, 2.75) is 20.3 Å². The first-order valence-electron chi connectivity index (χ1n) is 7.11. The fourth-order valence-corrected chi connectivity index (χ4v) is 2.24. The van der Waals surface area contributed by atoms with Crippen molar-refractivity contribution in [3.05, 3.63) is 47.0 Å². The van der Waals surface area contributed by atoms with E-state index in [0.717, 1.165) is 23.4 Å². The molecule has 0 atom stereocenters. The minimum absolute atomic E-state index is 0.0867. The molecule has 1 heterocycles. The highest BCUT2D eigenvalue weighted by Gasteiger charge is 2.09. The standard InChI is InChI=1S/C16H20FN3O2/c1-11-15(12(2)20(3)19-11)8-9-18-16(21)10-22-14-6-4-13(17)5-7-14/h4-7H,8-10H2,1-3H3,(H,18,21). The van der Waals surface area contributed by atoms with E-state index in [1.165, 1.54) is 24.3 Å². The van der Waals surface area contributed by atoms with E-state index >= 15 is 0 Å². The van der Waals surface area contributed by atoms with Gasteiger partial charge in [0.1, 0.15) is 11.6 Å². The van der Waals surface area contributed by atoms with Gasteiger partial charge in [0.15, 0.2) is 6.61 Å². The lowest BCUT2D eigenvalue weighted by molar-refractivity contribution is -0.123. The number of carbonyl (C=O) groups excluding carboxylic acids is 1. The summed E-state index contributed by atoms with van der Waals surface area (Å²) in [5.74, 6) is -0.0713. The Morgan fingerprint density at radius 1 is 1.32 bits per heavy atom. The molecule has 0 radical (unpaired) electrons. The molecule has 1 aromatic carbocycles. The molecule has 0 unspecified atom stereocenters. The zero-order valence-electron chi connectivity index (χ0n) is 13.0. The van der Waals surface area contributed by atoms with Crippen LogP contribution in [-0.2, 0) is 18.3 Å². The number of carbonyl (C=O) groups is 1. The summed E-state index contributed by atoms with van der Waals surface area (Å²) in [6, 6.07) is 5.57. The van der Waals surface area contributed by atoms with Crippen LogP contribution in [0.2, 0.25) is 0 Å². The van der Waals surface area contributed by atoms with Crippen LogP contribution in [0.15, 0.2) is 24.3 Å². The van der Waals surface area contributed by atoms with Crippen molar-refractivity contribution >= 4 is 5.91 Å². The molecule has 0 spiro atoms. The number of nitrogens with zero attached hydrogens (tertiary/aromatic N) is 2. The molecule has 0 saturated carbocycles. The Morgan fingerprint density at radius 3 is 2.59 bits per heavy atom. The van der Waals surface area contributed by atoms with E-state index in [9.17, 15) is 9.18 Å². The predicted molar refractivity (Wildman–Crippen MR) is 81.3 cm³/mol. The molecule has 0 bridgehead atoms. The maximum absolute atomic E-state index is 12.7. The van der Waals surface area contributed by atoms with E-state index < -0.39 is 0 Å². The summed E-state index contributed by atoms with van der Waals surface area (Å²) in [5.41, 5.74) is 3.24. The smallest absolute Gasteiger partial charge is 0.257 e. The lowest BCUT2D eigenvalue weighted by Gasteiger charge is -2.08. The minimum Gasteiger partial charge on any atom is -0.484 e. The first kappa shape index (κ1) is 16.0. The zero-order valence-corrected chi connectivity index (χ0v) is 13.0. The van der Waals surface area contributed by atoms with Crippen molar-refractivity contribution < 1.29 is 13.9 Å². The van der Waals surface area contributed by atoms with Gasteiger partial charge in [-0.1, -0.05) is 0 Å². The molecule has 0 aliphatic carbocycles. The summed E-state index contributed by atoms with van der Waals surface area (Å²) in [4.78, 5) is 11.7. The maximum Gasteiger partial charge on any atom is 0.257 e. The molecule has 1 amide bonds. The lowest BCUT2D eigenvalue weighted by atomic mass is 10.1. The highest BCUT2D eigenvalue weighted by atomic mass is 19.1. The van der Waals surface area contributed by atoms with Crippen LogP contribution < -0.4 is 10.1 Å². The molecule has 0 saturated heterocycles. The van der Waals surface area contributed by atoms with E-state index in [-0.39, 0.29) is 18.3 Å². The number of halogens is 1. The van der Waals surface area contributed by atoms with Crippen LogP contribution in [0, 0.1) is 19.7 Å².